The highest BCUT2D eigenvalue weighted by molar-refractivity contribution is 7.99. The highest BCUT2D eigenvalue weighted by atomic mass is 32.2. The number of aryl methyl sites for hydroxylation is 1. The number of thioether (sulfide) groups is 1. The molecule has 0 amide bonds. The summed E-state index contributed by atoms with van der Waals surface area (Å²) in [4.78, 5) is 0.729. The third-order valence-electron chi connectivity index (χ3n) is 3.31. The van der Waals surface area contributed by atoms with E-state index in [0.717, 1.165) is 23.5 Å². The van der Waals surface area contributed by atoms with E-state index in [-0.39, 0.29) is 5.82 Å². The van der Waals surface area contributed by atoms with Crippen LogP contribution in [0.25, 0.3) is 0 Å². The first kappa shape index (κ1) is 15.1. The molecule has 0 aromatic heterocycles. The van der Waals surface area contributed by atoms with Crippen LogP contribution < -0.4 is 5.32 Å². The molecule has 0 fully saturated rings. The number of benzene rings is 2. The minimum Gasteiger partial charge on any atom is -0.316 e. The van der Waals surface area contributed by atoms with E-state index in [0.29, 0.717) is 6.04 Å². The fraction of sp³-hybridized carbons (Fsp3) is 0.294. The van der Waals surface area contributed by atoms with Crippen molar-refractivity contribution in [2.75, 3.05) is 12.8 Å². The molecule has 1 nitrogen and oxygen atoms in total. The standard InChI is InChI=1S/C17H20FNS/c1-19-15(12-11-14-7-3-2-4-8-14)13-20-17-10-6-5-9-16(17)18/h2-10,15,19H,11-13H2,1H3. The van der Waals surface area contributed by atoms with Crippen molar-refractivity contribution in [1.29, 1.82) is 0 Å². The Hall–Kier alpha value is -1.32. The summed E-state index contributed by atoms with van der Waals surface area (Å²) < 4.78 is 13.6. The molecule has 0 saturated heterocycles. The van der Waals surface area contributed by atoms with Crippen molar-refractivity contribution < 1.29 is 4.39 Å². The molecule has 0 bridgehead atoms. The van der Waals surface area contributed by atoms with Crippen LogP contribution in [0, 0.1) is 5.82 Å². The molecule has 1 N–H and O–H groups in total. The van der Waals surface area contributed by atoms with Crippen molar-refractivity contribution in [3.63, 3.8) is 0 Å². The zero-order valence-electron chi connectivity index (χ0n) is 11.7. The zero-order valence-corrected chi connectivity index (χ0v) is 12.5. The van der Waals surface area contributed by atoms with Crippen molar-refractivity contribution in [3.8, 4) is 0 Å². The SMILES string of the molecule is CNC(CCc1ccccc1)CSc1ccccc1F. The molecule has 0 saturated carbocycles. The maximum absolute atomic E-state index is 13.6. The second-order valence-corrected chi connectivity index (χ2v) is 5.81. The van der Waals surface area contributed by atoms with E-state index in [2.05, 4.69) is 29.6 Å². The summed E-state index contributed by atoms with van der Waals surface area (Å²) in [6, 6.07) is 17.8. The van der Waals surface area contributed by atoms with Gasteiger partial charge in [0.15, 0.2) is 0 Å². The van der Waals surface area contributed by atoms with Gasteiger partial charge in [0.2, 0.25) is 0 Å². The van der Waals surface area contributed by atoms with Gasteiger partial charge in [0.05, 0.1) is 0 Å². The molecule has 20 heavy (non-hydrogen) atoms. The quantitative estimate of drug-likeness (QED) is 0.769. The van der Waals surface area contributed by atoms with Crippen molar-refractivity contribution in [3.05, 3.63) is 66.0 Å². The topological polar surface area (TPSA) is 12.0 Å². The fourth-order valence-corrected chi connectivity index (χ4v) is 3.14. The molecule has 2 rings (SSSR count). The summed E-state index contributed by atoms with van der Waals surface area (Å²) in [5.74, 6) is 0.750. The van der Waals surface area contributed by atoms with Crippen molar-refractivity contribution in [1.82, 2.24) is 5.32 Å². The van der Waals surface area contributed by atoms with E-state index in [1.54, 1.807) is 17.8 Å². The zero-order chi connectivity index (χ0) is 14.2. The van der Waals surface area contributed by atoms with Crippen LogP contribution in [0.5, 0.6) is 0 Å². The third kappa shape index (κ3) is 4.66. The molecular formula is C17H20FNS. The maximum Gasteiger partial charge on any atom is 0.136 e. The molecule has 1 atom stereocenters. The Balaban J connectivity index is 1.82. The van der Waals surface area contributed by atoms with Crippen LogP contribution in [-0.4, -0.2) is 18.8 Å². The average Bonchev–Trinajstić information content (AvgIpc) is 2.50. The van der Waals surface area contributed by atoms with Crippen LogP contribution in [-0.2, 0) is 6.42 Å². The lowest BCUT2D eigenvalue weighted by Gasteiger charge is -2.16. The average molecular weight is 289 g/mol. The lowest BCUT2D eigenvalue weighted by molar-refractivity contribution is 0.571. The molecule has 0 aliphatic rings. The van der Waals surface area contributed by atoms with E-state index in [1.165, 1.54) is 11.6 Å². The molecule has 0 spiro atoms. The summed E-state index contributed by atoms with van der Waals surface area (Å²) in [6.07, 6.45) is 2.10. The Morgan fingerprint density at radius 3 is 2.45 bits per heavy atom. The monoisotopic (exact) mass is 289 g/mol. The van der Waals surface area contributed by atoms with Crippen LogP contribution in [0.4, 0.5) is 4.39 Å². The van der Waals surface area contributed by atoms with Gasteiger partial charge in [0.1, 0.15) is 5.82 Å². The Labute approximate surface area is 124 Å². The van der Waals surface area contributed by atoms with Crippen LogP contribution in [0.3, 0.4) is 0 Å². The molecular weight excluding hydrogens is 269 g/mol. The largest absolute Gasteiger partial charge is 0.316 e. The minimum atomic E-state index is -0.129. The van der Waals surface area contributed by atoms with Gasteiger partial charge < -0.3 is 5.32 Å². The summed E-state index contributed by atoms with van der Waals surface area (Å²) in [7, 11) is 1.97. The number of nitrogens with one attached hydrogen (secondary N) is 1. The molecule has 0 aliphatic heterocycles. The van der Waals surface area contributed by atoms with Gasteiger partial charge in [-0.15, -0.1) is 11.8 Å². The molecule has 106 valence electrons. The summed E-state index contributed by atoms with van der Waals surface area (Å²) >= 11 is 1.58. The second kappa shape index (κ2) is 8.08. The Bertz CT molecular complexity index is 515. The Kier molecular flexibility index (Phi) is 6.09. The predicted molar refractivity (Wildman–Crippen MR) is 84.7 cm³/mol. The van der Waals surface area contributed by atoms with Gasteiger partial charge in [-0.3, -0.25) is 0 Å². The number of halogens is 1. The lowest BCUT2D eigenvalue weighted by Crippen LogP contribution is -2.28. The van der Waals surface area contributed by atoms with Gasteiger partial charge in [-0.25, -0.2) is 4.39 Å². The van der Waals surface area contributed by atoms with E-state index in [9.17, 15) is 4.39 Å². The van der Waals surface area contributed by atoms with Crippen molar-refractivity contribution in [2.45, 2.75) is 23.8 Å². The third-order valence-corrected chi connectivity index (χ3v) is 4.52. The minimum absolute atomic E-state index is 0.129. The van der Waals surface area contributed by atoms with Gasteiger partial charge in [0, 0.05) is 16.7 Å². The summed E-state index contributed by atoms with van der Waals surface area (Å²) in [6.45, 7) is 0. The van der Waals surface area contributed by atoms with Gasteiger partial charge in [-0.05, 0) is 37.6 Å². The van der Waals surface area contributed by atoms with E-state index in [4.69, 9.17) is 0 Å². The fourth-order valence-electron chi connectivity index (χ4n) is 2.05. The molecule has 2 aromatic rings. The Morgan fingerprint density at radius 2 is 1.75 bits per heavy atom. The van der Waals surface area contributed by atoms with Crippen LogP contribution in [0.15, 0.2) is 59.5 Å². The first-order valence-corrected chi connectivity index (χ1v) is 7.86. The van der Waals surface area contributed by atoms with Crippen molar-refractivity contribution in [2.24, 2.45) is 0 Å². The molecule has 3 heteroatoms. The predicted octanol–water partition coefficient (Wildman–Crippen LogP) is 4.14. The summed E-state index contributed by atoms with van der Waals surface area (Å²) in [5, 5.41) is 3.32. The van der Waals surface area contributed by atoms with Crippen LogP contribution >= 0.6 is 11.8 Å². The first-order valence-electron chi connectivity index (χ1n) is 6.88. The van der Waals surface area contributed by atoms with Crippen molar-refractivity contribution >= 4 is 11.8 Å². The molecule has 2 aromatic carbocycles. The van der Waals surface area contributed by atoms with Crippen LogP contribution in [0.1, 0.15) is 12.0 Å². The molecule has 0 heterocycles. The van der Waals surface area contributed by atoms with Gasteiger partial charge in [0.25, 0.3) is 0 Å². The van der Waals surface area contributed by atoms with E-state index >= 15 is 0 Å². The van der Waals surface area contributed by atoms with Gasteiger partial charge in [-0.1, -0.05) is 42.5 Å². The van der Waals surface area contributed by atoms with E-state index in [1.807, 2.05) is 25.2 Å². The Morgan fingerprint density at radius 1 is 1.05 bits per heavy atom. The number of hydrogen-bond donors (Lipinski definition) is 1. The summed E-state index contributed by atoms with van der Waals surface area (Å²) in [5.41, 5.74) is 1.35. The van der Waals surface area contributed by atoms with Crippen LogP contribution in [0.2, 0.25) is 0 Å². The molecule has 0 aliphatic carbocycles. The highest BCUT2D eigenvalue weighted by Gasteiger charge is 2.09. The second-order valence-electron chi connectivity index (χ2n) is 4.75. The number of hydrogen-bond acceptors (Lipinski definition) is 2. The molecule has 1 unspecified atom stereocenters. The smallest absolute Gasteiger partial charge is 0.136 e. The van der Waals surface area contributed by atoms with Gasteiger partial charge in [-0.2, -0.15) is 0 Å². The first-order chi connectivity index (χ1) is 9.79. The normalized spacial score (nSPS) is 12.3. The molecule has 0 radical (unpaired) electrons. The number of rotatable bonds is 7. The van der Waals surface area contributed by atoms with Gasteiger partial charge >= 0.3 is 0 Å². The highest BCUT2D eigenvalue weighted by Crippen LogP contribution is 2.22. The maximum atomic E-state index is 13.6. The van der Waals surface area contributed by atoms with E-state index < -0.39 is 0 Å². The lowest BCUT2D eigenvalue weighted by atomic mass is 10.1.